The number of aliphatic imine (C=N–C) groups is 1. The molecule has 184 valence electrons. The van der Waals surface area contributed by atoms with Crippen LogP contribution in [0.4, 0.5) is 14.9 Å². The summed E-state index contributed by atoms with van der Waals surface area (Å²) in [6.07, 6.45) is 1.26. The van der Waals surface area contributed by atoms with E-state index in [0.717, 1.165) is 31.8 Å². The number of carbonyl (C=O) groups excluding carboxylic acids is 2. The third-order valence-corrected chi connectivity index (χ3v) is 7.08. The van der Waals surface area contributed by atoms with Crippen molar-refractivity contribution < 1.29 is 14.0 Å². The summed E-state index contributed by atoms with van der Waals surface area (Å²) in [6, 6.07) is 16.2. The lowest BCUT2D eigenvalue weighted by molar-refractivity contribution is -0.127. The Morgan fingerprint density at radius 3 is 2.46 bits per heavy atom. The van der Waals surface area contributed by atoms with Crippen LogP contribution in [0.2, 0.25) is 0 Å². The summed E-state index contributed by atoms with van der Waals surface area (Å²) in [6.45, 7) is 4.24. The number of rotatable bonds is 7. The van der Waals surface area contributed by atoms with Crippen LogP contribution in [-0.2, 0) is 11.2 Å². The summed E-state index contributed by atoms with van der Waals surface area (Å²) in [5.74, 6) is 0.346. The molecule has 3 heterocycles. The van der Waals surface area contributed by atoms with Gasteiger partial charge in [0, 0.05) is 39.8 Å². The number of aryl methyl sites for hydroxylation is 1. The maximum atomic E-state index is 14.2. The van der Waals surface area contributed by atoms with Crippen LogP contribution >= 0.6 is 0 Å². The number of urea groups is 1. The van der Waals surface area contributed by atoms with Gasteiger partial charge >= 0.3 is 6.03 Å². The van der Waals surface area contributed by atoms with Crippen molar-refractivity contribution in [2.24, 2.45) is 4.99 Å². The normalized spacial score (nSPS) is 22.8. The fourth-order valence-corrected chi connectivity index (χ4v) is 5.13. The average Bonchev–Trinajstić information content (AvgIpc) is 3.23. The van der Waals surface area contributed by atoms with Crippen molar-refractivity contribution in [1.29, 1.82) is 0 Å². The molecule has 2 atom stereocenters. The van der Waals surface area contributed by atoms with Gasteiger partial charge in [0.05, 0.1) is 12.2 Å². The van der Waals surface area contributed by atoms with Crippen LogP contribution in [0, 0.1) is 5.82 Å². The van der Waals surface area contributed by atoms with Crippen LogP contribution in [0.1, 0.15) is 12.0 Å². The molecule has 0 saturated carbocycles. The number of anilines is 1. The van der Waals surface area contributed by atoms with E-state index in [4.69, 9.17) is 4.99 Å². The molecule has 0 radical (unpaired) electrons. The summed E-state index contributed by atoms with van der Waals surface area (Å²) in [5, 5.41) is 2.47. The minimum absolute atomic E-state index is 0.200. The number of para-hydroxylation sites is 1. The van der Waals surface area contributed by atoms with E-state index in [-0.39, 0.29) is 11.7 Å². The van der Waals surface area contributed by atoms with E-state index in [0.29, 0.717) is 31.9 Å². The molecule has 2 unspecified atom stereocenters. The Balaban J connectivity index is 1.26. The summed E-state index contributed by atoms with van der Waals surface area (Å²) in [5.41, 5.74) is 1.89. The van der Waals surface area contributed by atoms with Crippen LogP contribution in [0.15, 0.2) is 59.6 Å². The van der Waals surface area contributed by atoms with Gasteiger partial charge in [-0.05, 0) is 30.5 Å². The number of carbonyl (C=O) groups is 2. The number of nitrogens with zero attached hydrogens (tertiary/aromatic N) is 5. The molecule has 8 nitrogen and oxygen atoms in total. The van der Waals surface area contributed by atoms with E-state index in [9.17, 15) is 14.0 Å². The smallest absolute Gasteiger partial charge is 0.325 e. The van der Waals surface area contributed by atoms with Gasteiger partial charge in [0.15, 0.2) is 12.2 Å². The van der Waals surface area contributed by atoms with Crippen molar-refractivity contribution in [3.63, 3.8) is 0 Å². The van der Waals surface area contributed by atoms with Crippen LogP contribution in [0.25, 0.3) is 0 Å². The van der Waals surface area contributed by atoms with E-state index >= 15 is 0 Å². The van der Waals surface area contributed by atoms with Gasteiger partial charge in [0.1, 0.15) is 11.7 Å². The second-order valence-electron chi connectivity index (χ2n) is 9.31. The van der Waals surface area contributed by atoms with E-state index in [1.165, 1.54) is 16.5 Å². The number of amidine groups is 1. The standard InChI is InChI=1S/C26H31FN6O2/c1-30-24-23(25(34)29-26(30)35)33(13-7-10-19-8-3-2-4-9-19)22(28-24)18-31-14-16-32(17-15-31)21-12-6-5-11-20(21)27/h2-6,8-9,11-12,23-24H,7,10,13-18H2,1H3,(H,29,34,35). The van der Waals surface area contributed by atoms with Crippen molar-refractivity contribution in [1.82, 2.24) is 20.0 Å². The second-order valence-corrected chi connectivity index (χ2v) is 9.31. The molecule has 1 N–H and O–H groups in total. The highest BCUT2D eigenvalue weighted by atomic mass is 19.1. The molecule has 2 aromatic rings. The highest BCUT2D eigenvalue weighted by Crippen LogP contribution is 2.26. The second kappa shape index (κ2) is 10.0. The molecule has 2 saturated heterocycles. The lowest BCUT2D eigenvalue weighted by Gasteiger charge is -2.38. The molecule has 2 aromatic carbocycles. The summed E-state index contributed by atoms with van der Waals surface area (Å²) < 4.78 is 14.2. The highest BCUT2D eigenvalue weighted by Gasteiger charge is 2.48. The molecular formula is C26H31FN6O2. The maximum Gasteiger partial charge on any atom is 0.325 e. The third-order valence-electron chi connectivity index (χ3n) is 7.08. The number of imide groups is 1. The van der Waals surface area contributed by atoms with E-state index in [1.54, 1.807) is 13.1 Å². The molecule has 0 aliphatic carbocycles. The zero-order valence-electron chi connectivity index (χ0n) is 19.9. The zero-order valence-corrected chi connectivity index (χ0v) is 19.9. The molecule has 5 rings (SSSR count). The van der Waals surface area contributed by atoms with E-state index in [2.05, 4.69) is 32.1 Å². The van der Waals surface area contributed by atoms with Crippen molar-refractivity contribution in [2.75, 3.05) is 51.2 Å². The number of benzene rings is 2. The largest absolute Gasteiger partial charge is 0.367 e. The molecule has 9 heteroatoms. The number of hydrogen-bond acceptors (Lipinski definition) is 6. The van der Waals surface area contributed by atoms with Crippen molar-refractivity contribution >= 4 is 23.5 Å². The Morgan fingerprint density at radius 1 is 1.00 bits per heavy atom. The Labute approximate surface area is 205 Å². The Bertz CT molecular complexity index is 1100. The van der Waals surface area contributed by atoms with Crippen molar-refractivity contribution in [2.45, 2.75) is 25.0 Å². The van der Waals surface area contributed by atoms with E-state index < -0.39 is 18.2 Å². The number of amides is 3. The third kappa shape index (κ3) is 4.86. The number of hydrogen-bond donors (Lipinski definition) is 1. The average molecular weight is 479 g/mol. The maximum absolute atomic E-state index is 14.2. The number of halogens is 1. The van der Waals surface area contributed by atoms with Crippen LogP contribution < -0.4 is 10.2 Å². The minimum Gasteiger partial charge on any atom is -0.367 e. The Morgan fingerprint density at radius 2 is 1.71 bits per heavy atom. The molecule has 0 aromatic heterocycles. The van der Waals surface area contributed by atoms with Crippen molar-refractivity contribution in [3.8, 4) is 0 Å². The Kier molecular flexibility index (Phi) is 6.68. The molecular weight excluding hydrogens is 447 g/mol. The Hall–Kier alpha value is -3.46. The molecule has 3 amide bonds. The molecule has 0 bridgehead atoms. The first-order valence-electron chi connectivity index (χ1n) is 12.2. The van der Waals surface area contributed by atoms with Crippen LogP contribution in [0.3, 0.4) is 0 Å². The molecule has 3 aliphatic rings. The lowest BCUT2D eigenvalue weighted by Crippen LogP contribution is -2.64. The quantitative estimate of drug-likeness (QED) is 0.661. The summed E-state index contributed by atoms with van der Waals surface area (Å²) in [4.78, 5) is 37.8. The predicted molar refractivity (Wildman–Crippen MR) is 133 cm³/mol. The lowest BCUT2D eigenvalue weighted by atomic mass is 10.1. The number of likely N-dealkylation sites (N-methyl/N-ethyl adjacent to an activating group) is 1. The van der Waals surface area contributed by atoms with Gasteiger partial charge in [-0.3, -0.25) is 15.0 Å². The first-order chi connectivity index (χ1) is 17.0. The van der Waals surface area contributed by atoms with Crippen molar-refractivity contribution in [3.05, 3.63) is 66.0 Å². The fraction of sp³-hybridized carbons (Fsp3) is 0.423. The van der Waals surface area contributed by atoms with Gasteiger partial charge in [-0.15, -0.1) is 0 Å². The molecule has 0 spiro atoms. The number of nitrogens with one attached hydrogen (secondary N) is 1. The van der Waals surface area contributed by atoms with Gasteiger partial charge < -0.3 is 14.7 Å². The van der Waals surface area contributed by atoms with Gasteiger partial charge in [-0.2, -0.15) is 0 Å². The monoisotopic (exact) mass is 478 g/mol. The minimum atomic E-state index is -0.511. The zero-order chi connectivity index (χ0) is 24.4. The molecule has 35 heavy (non-hydrogen) atoms. The number of fused-ring (bicyclic) bond motifs is 1. The highest BCUT2D eigenvalue weighted by molar-refractivity contribution is 6.04. The van der Waals surface area contributed by atoms with Gasteiger partial charge in [0.2, 0.25) is 0 Å². The topological polar surface area (TPSA) is 71.5 Å². The predicted octanol–water partition coefficient (Wildman–Crippen LogP) is 2.17. The van der Waals surface area contributed by atoms with E-state index in [1.807, 2.05) is 30.3 Å². The van der Waals surface area contributed by atoms with Crippen LogP contribution in [-0.4, -0.2) is 91.0 Å². The van der Waals surface area contributed by atoms with Gasteiger partial charge in [-0.1, -0.05) is 42.5 Å². The van der Waals surface area contributed by atoms with Gasteiger partial charge in [0.25, 0.3) is 5.91 Å². The SMILES string of the molecule is CN1C(=O)NC(=O)C2C1N=C(CN1CCN(c3ccccc3F)CC1)N2CCCc1ccccc1. The fourth-order valence-electron chi connectivity index (χ4n) is 5.13. The summed E-state index contributed by atoms with van der Waals surface area (Å²) in [7, 11) is 1.68. The molecule has 2 fully saturated rings. The first-order valence-corrected chi connectivity index (χ1v) is 12.2. The van der Waals surface area contributed by atoms with Crippen LogP contribution in [0.5, 0.6) is 0 Å². The van der Waals surface area contributed by atoms with Gasteiger partial charge in [-0.25, -0.2) is 14.2 Å². The molecule has 3 aliphatic heterocycles. The first kappa shape index (κ1) is 23.3. The summed E-state index contributed by atoms with van der Waals surface area (Å²) >= 11 is 0. The number of piperazine rings is 1.